The predicted octanol–water partition coefficient (Wildman–Crippen LogP) is -1.22. The monoisotopic (exact) mass is 157 g/mol. The predicted molar refractivity (Wildman–Crippen MR) is 37.6 cm³/mol. The first kappa shape index (κ1) is 8.09. The van der Waals surface area contributed by atoms with Crippen LogP contribution in [0, 0.1) is 0 Å². The third-order valence-corrected chi connectivity index (χ3v) is 1.22. The van der Waals surface area contributed by atoms with Crippen molar-refractivity contribution >= 4 is 0 Å². The minimum atomic E-state index is 0.424. The van der Waals surface area contributed by atoms with Gasteiger partial charge in [-0.15, -0.1) is 5.10 Å². The van der Waals surface area contributed by atoms with Gasteiger partial charge in [0.1, 0.15) is 6.61 Å². The molecule has 11 heavy (non-hydrogen) atoms. The van der Waals surface area contributed by atoms with Crippen LogP contribution in [0.15, 0.2) is 0 Å². The van der Waals surface area contributed by atoms with Crippen LogP contribution >= 0.6 is 0 Å². The lowest BCUT2D eigenvalue weighted by atomic mass is 10.6. The molecule has 0 aliphatic rings. The van der Waals surface area contributed by atoms with Crippen molar-refractivity contribution in [3.8, 4) is 0 Å². The number of nitrogens with two attached hydrogens (primary N) is 1. The molecule has 0 aliphatic carbocycles. The van der Waals surface area contributed by atoms with Crippen LogP contribution in [0.1, 0.15) is 5.82 Å². The molecule has 1 aromatic rings. The van der Waals surface area contributed by atoms with E-state index in [0.717, 1.165) is 0 Å². The highest BCUT2D eigenvalue weighted by atomic mass is 16.5. The van der Waals surface area contributed by atoms with Crippen molar-refractivity contribution in [3.63, 3.8) is 0 Å². The molecule has 6 heteroatoms. The van der Waals surface area contributed by atoms with Crippen LogP contribution in [0.5, 0.6) is 0 Å². The van der Waals surface area contributed by atoms with E-state index in [-0.39, 0.29) is 0 Å². The minimum absolute atomic E-state index is 0.424. The smallest absolute Gasteiger partial charge is 0.177 e. The zero-order valence-corrected chi connectivity index (χ0v) is 6.40. The first-order valence-corrected chi connectivity index (χ1v) is 3.32. The van der Waals surface area contributed by atoms with Gasteiger partial charge in [-0.05, 0) is 10.4 Å². The standard InChI is InChI=1S/C5H11N5O/c1-11-4-5-7-8-9-10(5)3-2-6/h2-4,6H2,1H3. The quantitative estimate of drug-likeness (QED) is 0.592. The van der Waals surface area contributed by atoms with Gasteiger partial charge in [0.25, 0.3) is 0 Å². The summed E-state index contributed by atoms with van der Waals surface area (Å²) in [5.74, 6) is 0.706. The van der Waals surface area contributed by atoms with Crippen LogP contribution in [0.2, 0.25) is 0 Å². The summed E-state index contributed by atoms with van der Waals surface area (Å²) in [7, 11) is 1.60. The van der Waals surface area contributed by atoms with Crippen molar-refractivity contribution in [2.75, 3.05) is 13.7 Å². The van der Waals surface area contributed by atoms with Crippen molar-refractivity contribution in [3.05, 3.63) is 5.82 Å². The Kier molecular flexibility index (Phi) is 2.94. The topological polar surface area (TPSA) is 78.9 Å². The third kappa shape index (κ3) is 1.95. The summed E-state index contributed by atoms with van der Waals surface area (Å²) in [6.45, 7) is 1.58. The lowest BCUT2D eigenvalue weighted by Crippen LogP contribution is -2.14. The van der Waals surface area contributed by atoms with E-state index in [1.807, 2.05) is 0 Å². The zero-order chi connectivity index (χ0) is 8.10. The average Bonchev–Trinajstić information content (AvgIpc) is 2.39. The van der Waals surface area contributed by atoms with Crippen LogP contribution in [0.4, 0.5) is 0 Å². The van der Waals surface area contributed by atoms with E-state index >= 15 is 0 Å². The number of tetrazole rings is 1. The maximum atomic E-state index is 5.33. The maximum absolute atomic E-state index is 5.33. The SMILES string of the molecule is COCc1nnnn1CCN. The molecule has 1 aromatic heterocycles. The van der Waals surface area contributed by atoms with Crippen molar-refractivity contribution in [1.82, 2.24) is 20.2 Å². The normalized spacial score (nSPS) is 10.4. The molecule has 0 aromatic carbocycles. The van der Waals surface area contributed by atoms with E-state index in [1.54, 1.807) is 11.8 Å². The molecular weight excluding hydrogens is 146 g/mol. The Hall–Kier alpha value is -1.01. The van der Waals surface area contributed by atoms with Crippen LogP contribution in [0.3, 0.4) is 0 Å². The Labute approximate surface area is 64.3 Å². The molecule has 0 unspecified atom stereocenters. The van der Waals surface area contributed by atoms with Gasteiger partial charge in [0.2, 0.25) is 0 Å². The maximum Gasteiger partial charge on any atom is 0.177 e. The highest BCUT2D eigenvalue weighted by molar-refractivity contribution is 4.76. The summed E-state index contributed by atoms with van der Waals surface area (Å²) >= 11 is 0. The molecule has 0 saturated heterocycles. The second-order valence-electron chi connectivity index (χ2n) is 2.04. The summed E-state index contributed by atoms with van der Waals surface area (Å²) in [5.41, 5.74) is 5.33. The first-order chi connectivity index (χ1) is 5.38. The van der Waals surface area contributed by atoms with E-state index in [9.17, 15) is 0 Å². The number of aromatic nitrogens is 4. The molecule has 0 spiro atoms. The second kappa shape index (κ2) is 3.99. The summed E-state index contributed by atoms with van der Waals surface area (Å²) in [4.78, 5) is 0. The minimum Gasteiger partial charge on any atom is -0.377 e. The van der Waals surface area contributed by atoms with Crippen LogP contribution in [0.25, 0.3) is 0 Å². The summed E-state index contributed by atoms with van der Waals surface area (Å²) in [5, 5.41) is 11.0. The molecule has 0 atom stereocenters. The van der Waals surface area contributed by atoms with Gasteiger partial charge in [-0.2, -0.15) is 0 Å². The average molecular weight is 157 g/mol. The molecule has 0 saturated carbocycles. The van der Waals surface area contributed by atoms with Gasteiger partial charge in [-0.1, -0.05) is 0 Å². The van der Waals surface area contributed by atoms with Gasteiger partial charge in [0, 0.05) is 13.7 Å². The van der Waals surface area contributed by atoms with E-state index < -0.39 is 0 Å². The summed E-state index contributed by atoms with van der Waals surface area (Å²) in [6, 6.07) is 0. The molecule has 1 heterocycles. The van der Waals surface area contributed by atoms with Gasteiger partial charge in [0.05, 0.1) is 6.54 Å². The third-order valence-electron chi connectivity index (χ3n) is 1.22. The fourth-order valence-electron chi connectivity index (χ4n) is 0.752. The number of rotatable bonds is 4. The van der Waals surface area contributed by atoms with Crippen LogP contribution in [-0.4, -0.2) is 33.9 Å². The molecule has 6 nitrogen and oxygen atoms in total. The number of hydrogen-bond donors (Lipinski definition) is 1. The van der Waals surface area contributed by atoms with Crippen molar-refractivity contribution < 1.29 is 4.74 Å². The van der Waals surface area contributed by atoms with Gasteiger partial charge in [0.15, 0.2) is 5.82 Å². The molecular formula is C5H11N5O. The number of methoxy groups -OCH3 is 1. The van der Waals surface area contributed by atoms with Gasteiger partial charge < -0.3 is 10.5 Å². The van der Waals surface area contributed by atoms with Crippen molar-refractivity contribution in [1.29, 1.82) is 0 Å². The Bertz CT molecular complexity index is 190. The summed E-state index contributed by atoms with van der Waals surface area (Å²) in [6.07, 6.45) is 0. The fourth-order valence-corrected chi connectivity index (χ4v) is 0.752. The molecule has 1 rings (SSSR count). The first-order valence-electron chi connectivity index (χ1n) is 3.32. The second-order valence-corrected chi connectivity index (χ2v) is 2.04. The lowest BCUT2D eigenvalue weighted by molar-refractivity contribution is 0.173. The molecule has 62 valence electrons. The number of hydrogen-bond acceptors (Lipinski definition) is 5. The van der Waals surface area contributed by atoms with Gasteiger partial charge in [-0.3, -0.25) is 0 Å². The van der Waals surface area contributed by atoms with Crippen LogP contribution in [-0.2, 0) is 17.9 Å². The molecule has 0 radical (unpaired) electrons. The van der Waals surface area contributed by atoms with Crippen molar-refractivity contribution in [2.45, 2.75) is 13.2 Å². The Balaban J connectivity index is 2.62. The fraction of sp³-hybridized carbons (Fsp3) is 0.800. The van der Waals surface area contributed by atoms with Gasteiger partial charge in [-0.25, -0.2) is 4.68 Å². The molecule has 0 amide bonds. The summed E-state index contributed by atoms with van der Waals surface area (Å²) < 4.78 is 6.50. The van der Waals surface area contributed by atoms with Gasteiger partial charge >= 0.3 is 0 Å². The highest BCUT2D eigenvalue weighted by Gasteiger charge is 2.02. The highest BCUT2D eigenvalue weighted by Crippen LogP contribution is 1.92. The Morgan fingerprint density at radius 1 is 1.64 bits per heavy atom. The molecule has 0 bridgehead atoms. The Morgan fingerprint density at radius 2 is 2.45 bits per heavy atom. The van der Waals surface area contributed by atoms with E-state index in [0.29, 0.717) is 25.5 Å². The zero-order valence-electron chi connectivity index (χ0n) is 6.40. The molecule has 0 fully saturated rings. The largest absolute Gasteiger partial charge is 0.377 e. The van der Waals surface area contributed by atoms with E-state index in [2.05, 4.69) is 15.5 Å². The van der Waals surface area contributed by atoms with Crippen LogP contribution < -0.4 is 5.73 Å². The van der Waals surface area contributed by atoms with E-state index in [1.165, 1.54) is 0 Å². The molecule has 2 N–H and O–H groups in total. The molecule has 0 aliphatic heterocycles. The van der Waals surface area contributed by atoms with Crippen molar-refractivity contribution in [2.24, 2.45) is 5.73 Å². The number of ether oxygens (including phenoxy) is 1. The lowest BCUT2D eigenvalue weighted by Gasteiger charge is -1.99. The Morgan fingerprint density at radius 3 is 3.09 bits per heavy atom. The number of nitrogens with zero attached hydrogens (tertiary/aromatic N) is 4. The van der Waals surface area contributed by atoms with E-state index in [4.69, 9.17) is 10.5 Å².